The Labute approximate surface area is 266 Å². The molecule has 0 atom stereocenters. The zero-order valence-corrected chi connectivity index (χ0v) is 27.0. The summed E-state index contributed by atoms with van der Waals surface area (Å²) in [6.07, 6.45) is 5.97. The van der Waals surface area contributed by atoms with E-state index in [1.165, 1.54) is 49.1 Å². The number of thiazole rings is 2. The first-order valence-electron chi connectivity index (χ1n) is 13.4. The van der Waals surface area contributed by atoms with Crippen LogP contribution in [-0.4, -0.2) is 15.9 Å². The van der Waals surface area contributed by atoms with Gasteiger partial charge in [0.15, 0.2) is 10.3 Å². The molecule has 2 aromatic heterocycles. The Bertz CT molecular complexity index is 1800. The van der Waals surface area contributed by atoms with Gasteiger partial charge < -0.3 is 5.73 Å². The van der Waals surface area contributed by atoms with Gasteiger partial charge in [-0.1, -0.05) is 84.9 Å². The van der Waals surface area contributed by atoms with Gasteiger partial charge in [0.25, 0.3) is 5.91 Å². The Morgan fingerprint density at radius 3 is 1.88 bits per heavy atom. The van der Waals surface area contributed by atoms with Crippen molar-refractivity contribution < 1.29 is 13.6 Å². The average molecular weight is 730 g/mol. The van der Waals surface area contributed by atoms with E-state index in [2.05, 4.69) is 65.3 Å². The third-order valence-corrected chi connectivity index (χ3v) is 10.7. The van der Waals surface area contributed by atoms with Gasteiger partial charge in [-0.2, -0.15) is 0 Å². The summed E-state index contributed by atoms with van der Waals surface area (Å²) in [6.45, 7) is 0. The standard InChI is InChI=1S/C19H13BrF2N2OS.C12H11BrN2S/c20-12-6-1-5-11-10(12)4-2-9-15-17(11)26-19(23-15)24-18(25)16-13(21)7-3-8-14(16)22;13-9-5-1-4-8-7(9)3-2-6-10-11(8)16-12(14)15-10/h1,3,5-8H,2,4,9H2,(H,23,24,25);1,4-5H,2-3,6H2,(H2,14,15). The van der Waals surface area contributed by atoms with E-state index in [9.17, 15) is 13.6 Å². The number of anilines is 2. The van der Waals surface area contributed by atoms with Crippen molar-refractivity contribution in [1.29, 1.82) is 0 Å². The third-order valence-electron chi connectivity index (χ3n) is 7.23. The zero-order valence-electron chi connectivity index (χ0n) is 22.1. The number of carbonyl (C=O) groups is 1. The molecule has 5 nitrogen and oxygen atoms in total. The van der Waals surface area contributed by atoms with Crippen LogP contribution in [0.15, 0.2) is 63.5 Å². The minimum Gasteiger partial charge on any atom is -0.375 e. The number of aryl methyl sites for hydroxylation is 2. The largest absolute Gasteiger partial charge is 0.375 e. The Morgan fingerprint density at radius 1 is 0.762 bits per heavy atom. The quantitative estimate of drug-likeness (QED) is 0.190. The van der Waals surface area contributed by atoms with Crippen LogP contribution >= 0.6 is 54.5 Å². The number of fused-ring (bicyclic) bond motifs is 6. The maximum atomic E-state index is 13.8. The molecule has 1 amide bonds. The second-order valence-corrected chi connectivity index (χ2v) is 13.7. The van der Waals surface area contributed by atoms with Crippen molar-refractivity contribution in [2.24, 2.45) is 0 Å². The molecule has 0 saturated heterocycles. The van der Waals surface area contributed by atoms with Gasteiger partial charge in [-0.15, -0.1) is 0 Å². The number of nitrogen functional groups attached to an aromatic ring is 1. The van der Waals surface area contributed by atoms with Crippen LogP contribution < -0.4 is 11.1 Å². The topological polar surface area (TPSA) is 80.9 Å². The lowest BCUT2D eigenvalue weighted by molar-refractivity contribution is 0.101. The predicted octanol–water partition coefficient (Wildman–Crippen LogP) is 9.24. The van der Waals surface area contributed by atoms with Gasteiger partial charge in [-0.05, 0) is 85.0 Å². The van der Waals surface area contributed by atoms with Crippen molar-refractivity contribution in [2.75, 3.05) is 11.1 Å². The molecule has 11 heteroatoms. The molecule has 214 valence electrons. The van der Waals surface area contributed by atoms with Crippen LogP contribution in [0.25, 0.3) is 20.9 Å². The van der Waals surface area contributed by atoms with Gasteiger partial charge >= 0.3 is 0 Å². The summed E-state index contributed by atoms with van der Waals surface area (Å²) in [5.74, 6) is -2.62. The molecule has 2 aliphatic rings. The highest BCUT2D eigenvalue weighted by atomic mass is 79.9. The van der Waals surface area contributed by atoms with Gasteiger partial charge in [0.1, 0.15) is 17.2 Å². The van der Waals surface area contributed by atoms with Crippen molar-refractivity contribution in [3.8, 4) is 20.9 Å². The number of hydrogen-bond donors (Lipinski definition) is 2. The van der Waals surface area contributed by atoms with E-state index in [0.717, 1.165) is 71.3 Å². The fraction of sp³-hybridized carbons (Fsp3) is 0.194. The summed E-state index contributed by atoms with van der Waals surface area (Å²) in [5.41, 5.74) is 12.3. The Balaban J connectivity index is 0.000000168. The average Bonchev–Trinajstić information content (AvgIpc) is 3.41. The van der Waals surface area contributed by atoms with Gasteiger partial charge in [-0.3, -0.25) is 10.1 Å². The summed E-state index contributed by atoms with van der Waals surface area (Å²) in [4.78, 5) is 23.5. The first kappa shape index (κ1) is 29.1. The van der Waals surface area contributed by atoms with Crippen molar-refractivity contribution >= 4 is 70.7 Å². The molecular formula is C31H24Br2F2N4OS2. The van der Waals surface area contributed by atoms with Crippen LogP contribution in [0.4, 0.5) is 19.0 Å². The minimum absolute atomic E-state index is 0.343. The molecule has 7 rings (SSSR count). The smallest absolute Gasteiger partial charge is 0.263 e. The van der Waals surface area contributed by atoms with Crippen molar-refractivity contribution in [1.82, 2.24) is 9.97 Å². The molecule has 0 radical (unpaired) electrons. The van der Waals surface area contributed by atoms with Crippen LogP contribution in [0.1, 0.15) is 45.7 Å². The molecule has 0 spiro atoms. The molecule has 0 bridgehead atoms. The fourth-order valence-corrected chi connectivity index (χ4v) is 8.45. The Hall–Kier alpha value is -2.99. The molecule has 2 aliphatic carbocycles. The molecule has 0 saturated carbocycles. The summed E-state index contributed by atoms with van der Waals surface area (Å²) < 4.78 is 29.9. The molecule has 0 fully saturated rings. The second-order valence-electron chi connectivity index (χ2n) is 9.91. The maximum absolute atomic E-state index is 13.8. The number of aromatic nitrogens is 2. The van der Waals surface area contributed by atoms with Crippen LogP contribution in [0.5, 0.6) is 0 Å². The number of nitrogens with two attached hydrogens (primary N) is 1. The van der Waals surface area contributed by atoms with E-state index in [1.807, 2.05) is 18.2 Å². The first-order valence-corrected chi connectivity index (χ1v) is 16.6. The molecule has 3 N–H and O–H groups in total. The molecule has 2 heterocycles. The Kier molecular flexibility index (Phi) is 8.53. The molecule has 3 aromatic carbocycles. The predicted molar refractivity (Wildman–Crippen MR) is 173 cm³/mol. The van der Waals surface area contributed by atoms with Gasteiger partial charge in [0.2, 0.25) is 0 Å². The van der Waals surface area contributed by atoms with E-state index >= 15 is 0 Å². The lowest BCUT2D eigenvalue weighted by atomic mass is 10.0. The summed E-state index contributed by atoms with van der Waals surface area (Å²) in [5, 5.41) is 3.56. The molecule has 42 heavy (non-hydrogen) atoms. The van der Waals surface area contributed by atoms with Crippen LogP contribution in [-0.2, 0) is 25.7 Å². The van der Waals surface area contributed by atoms with Gasteiger partial charge in [0.05, 0.1) is 21.1 Å². The summed E-state index contributed by atoms with van der Waals surface area (Å²) >= 11 is 10.1. The number of nitrogens with zero attached hydrogens (tertiary/aromatic N) is 2. The third kappa shape index (κ3) is 5.79. The summed E-state index contributed by atoms with van der Waals surface area (Å²) in [7, 11) is 0. The number of benzene rings is 3. The Morgan fingerprint density at radius 2 is 1.29 bits per heavy atom. The summed E-state index contributed by atoms with van der Waals surface area (Å²) in [6, 6.07) is 15.7. The van der Waals surface area contributed by atoms with Crippen LogP contribution in [0.3, 0.4) is 0 Å². The SMILES string of the molecule is Nc1nc2c(s1)-c1cccc(Br)c1CCC2.O=C(Nc1nc2c(s1)-c1cccc(Br)c1CCC2)c1c(F)cccc1F. The highest BCUT2D eigenvalue weighted by molar-refractivity contribution is 9.10. The number of halogens is 4. The van der Waals surface area contributed by atoms with Gasteiger partial charge in [-0.25, -0.2) is 18.7 Å². The minimum atomic E-state index is -0.894. The van der Waals surface area contributed by atoms with E-state index in [0.29, 0.717) is 10.3 Å². The monoisotopic (exact) mass is 728 g/mol. The van der Waals surface area contributed by atoms with Crippen LogP contribution in [0.2, 0.25) is 0 Å². The number of amides is 1. The number of carbonyl (C=O) groups excluding carboxylic acids is 1. The lowest BCUT2D eigenvalue weighted by Crippen LogP contribution is -2.15. The molecular weight excluding hydrogens is 706 g/mol. The molecule has 0 aliphatic heterocycles. The molecule has 0 unspecified atom stereocenters. The first-order chi connectivity index (χ1) is 20.3. The normalized spacial score (nSPS) is 13.3. The maximum Gasteiger partial charge on any atom is 0.263 e. The van der Waals surface area contributed by atoms with E-state index in [1.54, 1.807) is 11.3 Å². The zero-order chi connectivity index (χ0) is 29.4. The van der Waals surface area contributed by atoms with Crippen molar-refractivity contribution in [2.45, 2.75) is 38.5 Å². The highest BCUT2D eigenvalue weighted by Crippen LogP contribution is 2.42. The van der Waals surface area contributed by atoms with Gasteiger partial charge in [0, 0.05) is 8.95 Å². The highest BCUT2D eigenvalue weighted by Gasteiger charge is 2.24. The van der Waals surface area contributed by atoms with E-state index < -0.39 is 23.1 Å². The van der Waals surface area contributed by atoms with Crippen LogP contribution in [0, 0.1) is 11.6 Å². The lowest BCUT2D eigenvalue weighted by Gasteiger charge is -2.07. The number of nitrogens with one attached hydrogen (secondary N) is 1. The van der Waals surface area contributed by atoms with Crippen molar-refractivity contribution in [3.63, 3.8) is 0 Å². The molecule has 5 aromatic rings. The number of hydrogen-bond acceptors (Lipinski definition) is 6. The van der Waals surface area contributed by atoms with E-state index in [4.69, 9.17) is 5.73 Å². The second kappa shape index (κ2) is 12.3. The van der Waals surface area contributed by atoms with Crippen molar-refractivity contribution in [3.05, 3.63) is 103 Å². The van der Waals surface area contributed by atoms with E-state index in [-0.39, 0.29) is 0 Å². The number of rotatable bonds is 2. The fourth-order valence-electron chi connectivity index (χ4n) is 5.33.